The molecule has 1 heterocycles. The molecule has 136 valence electrons. The third kappa shape index (κ3) is 4.36. The number of methoxy groups -OCH3 is 1. The predicted molar refractivity (Wildman–Crippen MR) is 90.9 cm³/mol. The number of ether oxygens (including phenoxy) is 3. The number of hydrogen-bond donors (Lipinski definition) is 0. The van der Waals surface area contributed by atoms with Crippen molar-refractivity contribution >= 4 is 23.3 Å². The normalized spacial score (nSPS) is 16.4. The number of anilines is 1. The fourth-order valence-corrected chi connectivity index (χ4v) is 2.50. The monoisotopic (exact) mass is 349 g/mol. The minimum Gasteiger partial charge on any atom is -0.478 e. The molecule has 2 rings (SSSR count). The third-order valence-electron chi connectivity index (χ3n) is 3.86. The number of rotatable bonds is 7. The maximum Gasteiger partial charge on any atom is 0.326 e. The number of fused-ring (bicyclic) bond motifs is 1. The van der Waals surface area contributed by atoms with Crippen LogP contribution in [0, 0.1) is 5.92 Å². The molecule has 0 fully saturated rings. The highest BCUT2D eigenvalue weighted by molar-refractivity contribution is 6.05. The van der Waals surface area contributed by atoms with Crippen LogP contribution in [-0.4, -0.2) is 50.6 Å². The molecule has 0 saturated carbocycles. The van der Waals surface area contributed by atoms with Crippen LogP contribution in [0.15, 0.2) is 18.2 Å². The quantitative estimate of drug-likeness (QED) is 0.424. The molecule has 1 amide bonds. The van der Waals surface area contributed by atoms with Crippen molar-refractivity contribution in [1.29, 1.82) is 0 Å². The van der Waals surface area contributed by atoms with Gasteiger partial charge in [0.2, 0.25) is 0 Å². The number of hydrogen-bond acceptors (Lipinski definition) is 6. The lowest BCUT2D eigenvalue weighted by atomic mass is 10.0. The van der Waals surface area contributed by atoms with E-state index >= 15 is 0 Å². The third-order valence-corrected chi connectivity index (χ3v) is 3.86. The molecular formula is C18H23NO6. The second-order valence-electron chi connectivity index (χ2n) is 6.16. The first-order valence-corrected chi connectivity index (χ1v) is 8.12. The standard InChI is InChI=1S/C18H23NO6/c1-11(2)17-18(22)19(10-16(21)24-8-7-23-4)14-9-13(12(3)20)5-6-15(14)25-17/h5-6,9,11,17H,7-8,10H2,1-4H3. The van der Waals surface area contributed by atoms with Crippen molar-refractivity contribution in [3.63, 3.8) is 0 Å². The van der Waals surface area contributed by atoms with E-state index in [0.717, 1.165) is 0 Å². The Hall–Kier alpha value is -2.41. The first kappa shape index (κ1) is 18.9. The summed E-state index contributed by atoms with van der Waals surface area (Å²) in [6, 6.07) is 4.86. The van der Waals surface area contributed by atoms with Crippen molar-refractivity contribution < 1.29 is 28.6 Å². The Labute approximate surface area is 146 Å². The predicted octanol–water partition coefficient (Wildman–Crippen LogP) is 1.83. The summed E-state index contributed by atoms with van der Waals surface area (Å²) in [6.07, 6.45) is -0.692. The van der Waals surface area contributed by atoms with Gasteiger partial charge in [-0.05, 0) is 31.0 Å². The van der Waals surface area contributed by atoms with Crippen molar-refractivity contribution in [3.8, 4) is 5.75 Å². The maximum atomic E-state index is 12.8. The van der Waals surface area contributed by atoms with E-state index in [2.05, 4.69) is 0 Å². The van der Waals surface area contributed by atoms with Crippen LogP contribution in [-0.2, 0) is 19.1 Å². The van der Waals surface area contributed by atoms with Gasteiger partial charge in [-0.25, -0.2) is 0 Å². The minimum atomic E-state index is -0.692. The lowest BCUT2D eigenvalue weighted by molar-refractivity contribution is -0.144. The van der Waals surface area contributed by atoms with E-state index in [0.29, 0.717) is 17.0 Å². The number of benzene rings is 1. The van der Waals surface area contributed by atoms with E-state index in [1.54, 1.807) is 18.2 Å². The van der Waals surface area contributed by atoms with E-state index in [-0.39, 0.29) is 37.4 Å². The van der Waals surface area contributed by atoms with Crippen molar-refractivity contribution in [2.24, 2.45) is 5.92 Å². The summed E-state index contributed by atoms with van der Waals surface area (Å²) in [5.41, 5.74) is 0.842. The van der Waals surface area contributed by atoms with E-state index in [4.69, 9.17) is 14.2 Å². The number of esters is 1. The average Bonchev–Trinajstić information content (AvgIpc) is 2.56. The van der Waals surface area contributed by atoms with Gasteiger partial charge in [-0.15, -0.1) is 0 Å². The van der Waals surface area contributed by atoms with Gasteiger partial charge in [-0.2, -0.15) is 0 Å². The van der Waals surface area contributed by atoms with Gasteiger partial charge in [0, 0.05) is 12.7 Å². The Morgan fingerprint density at radius 2 is 2.00 bits per heavy atom. The van der Waals surface area contributed by atoms with Crippen molar-refractivity contribution in [1.82, 2.24) is 0 Å². The number of amides is 1. The van der Waals surface area contributed by atoms with Crippen LogP contribution in [0.5, 0.6) is 5.75 Å². The summed E-state index contributed by atoms with van der Waals surface area (Å²) >= 11 is 0. The van der Waals surface area contributed by atoms with Crippen molar-refractivity contribution in [3.05, 3.63) is 23.8 Å². The summed E-state index contributed by atoms with van der Waals surface area (Å²) in [5.74, 6) is -0.613. The minimum absolute atomic E-state index is 0.0693. The highest BCUT2D eigenvalue weighted by Crippen LogP contribution is 2.36. The van der Waals surface area contributed by atoms with Crippen LogP contribution in [0.3, 0.4) is 0 Å². The number of carbonyl (C=O) groups is 3. The van der Waals surface area contributed by atoms with Crippen LogP contribution in [0.1, 0.15) is 31.1 Å². The van der Waals surface area contributed by atoms with Gasteiger partial charge in [0.25, 0.3) is 5.91 Å². The molecule has 1 aromatic carbocycles. The molecule has 0 aliphatic carbocycles. The molecule has 0 spiro atoms. The Balaban J connectivity index is 2.31. The number of nitrogens with zero attached hydrogens (tertiary/aromatic N) is 1. The van der Waals surface area contributed by atoms with Crippen molar-refractivity contribution in [2.45, 2.75) is 26.9 Å². The molecule has 0 saturated heterocycles. The Bertz CT molecular complexity index is 670. The molecule has 0 radical (unpaired) electrons. The summed E-state index contributed by atoms with van der Waals surface area (Å²) in [7, 11) is 1.51. The highest BCUT2D eigenvalue weighted by atomic mass is 16.6. The first-order chi connectivity index (χ1) is 11.8. The Morgan fingerprint density at radius 3 is 2.60 bits per heavy atom. The van der Waals surface area contributed by atoms with Gasteiger partial charge in [0.05, 0.1) is 12.3 Å². The first-order valence-electron chi connectivity index (χ1n) is 8.12. The zero-order valence-electron chi connectivity index (χ0n) is 14.9. The van der Waals surface area contributed by atoms with Crippen LogP contribution in [0.4, 0.5) is 5.69 Å². The van der Waals surface area contributed by atoms with Gasteiger partial charge in [-0.3, -0.25) is 19.3 Å². The molecule has 7 nitrogen and oxygen atoms in total. The molecule has 7 heteroatoms. The van der Waals surface area contributed by atoms with Gasteiger partial charge in [0.1, 0.15) is 18.9 Å². The van der Waals surface area contributed by atoms with Gasteiger partial charge in [-0.1, -0.05) is 13.8 Å². The van der Waals surface area contributed by atoms with Gasteiger partial charge < -0.3 is 14.2 Å². The van der Waals surface area contributed by atoms with Gasteiger partial charge in [0.15, 0.2) is 11.9 Å². The van der Waals surface area contributed by atoms with E-state index in [9.17, 15) is 14.4 Å². The largest absolute Gasteiger partial charge is 0.478 e. The molecule has 0 N–H and O–H groups in total. The average molecular weight is 349 g/mol. The van der Waals surface area contributed by atoms with E-state index < -0.39 is 12.1 Å². The second-order valence-corrected chi connectivity index (χ2v) is 6.16. The lowest BCUT2D eigenvalue weighted by Gasteiger charge is -2.35. The zero-order chi connectivity index (χ0) is 18.6. The number of carbonyl (C=O) groups excluding carboxylic acids is 3. The fourth-order valence-electron chi connectivity index (χ4n) is 2.50. The summed E-state index contributed by atoms with van der Waals surface area (Å²) in [5, 5.41) is 0. The summed E-state index contributed by atoms with van der Waals surface area (Å²) in [6.45, 7) is 5.32. The lowest BCUT2D eigenvalue weighted by Crippen LogP contribution is -2.50. The van der Waals surface area contributed by atoms with E-state index in [1.165, 1.54) is 18.9 Å². The Morgan fingerprint density at radius 1 is 1.28 bits per heavy atom. The molecule has 1 aromatic rings. The van der Waals surface area contributed by atoms with Crippen LogP contribution in [0.2, 0.25) is 0 Å². The van der Waals surface area contributed by atoms with Crippen molar-refractivity contribution in [2.75, 3.05) is 31.8 Å². The molecule has 1 aliphatic heterocycles. The second kappa shape index (κ2) is 8.11. The molecule has 25 heavy (non-hydrogen) atoms. The topological polar surface area (TPSA) is 82.1 Å². The number of Topliss-reactive ketones (excluding diaryl/α,β-unsaturated/α-hetero) is 1. The zero-order valence-corrected chi connectivity index (χ0v) is 14.9. The SMILES string of the molecule is COCCOC(=O)CN1C(=O)C(C(C)C)Oc2ccc(C(C)=O)cc21. The molecular weight excluding hydrogens is 326 g/mol. The molecule has 0 aromatic heterocycles. The summed E-state index contributed by atoms with van der Waals surface area (Å²) < 4.78 is 15.7. The fraction of sp³-hybridized carbons (Fsp3) is 0.500. The van der Waals surface area contributed by atoms with Crippen LogP contribution in [0.25, 0.3) is 0 Å². The molecule has 0 bridgehead atoms. The van der Waals surface area contributed by atoms with Crippen LogP contribution >= 0.6 is 0 Å². The number of ketones is 1. The summed E-state index contributed by atoms with van der Waals surface area (Å²) in [4.78, 5) is 37.8. The smallest absolute Gasteiger partial charge is 0.326 e. The molecule has 1 unspecified atom stereocenters. The maximum absolute atomic E-state index is 12.8. The highest BCUT2D eigenvalue weighted by Gasteiger charge is 2.37. The molecule has 1 aliphatic rings. The van der Waals surface area contributed by atoms with E-state index in [1.807, 2.05) is 13.8 Å². The van der Waals surface area contributed by atoms with Crippen LogP contribution < -0.4 is 9.64 Å². The van der Waals surface area contributed by atoms with Gasteiger partial charge >= 0.3 is 5.97 Å². The Kier molecular flexibility index (Phi) is 6.14. The molecule has 1 atom stereocenters.